The molecule has 1 aromatic carbocycles. The van der Waals surface area contributed by atoms with Crippen molar-refractivity contribution in [2.24, 2.45) is 0 Å². The summed E-state index contributed by atoms with van der Waals surface area (Å²) in [5, 5.41) is 8.68. The Labute approximate surface area is 85.5 Å². The summed E-state index contributed by atoms with van der Waals surface area (Å²) < 4.78 is 0.658. The van der Waals surface area contributed by atoms with Gasteiger partial charge in [-0.3, -0.25) is 0 Å². The summed E-state index contributed by atoms with van der Waals surface area (Å²) in [5.74, 6) is 0. The molecule has 0 amide bonds. The van der Waals surface area contributed by atoms with Gasteiger partial charge in [-0.2, -0.15) is 5.26 Å². The number of nitrogens with zero attached hydrogens (tertiary/aromatic N) is 1. The van der Waals surface area contributed by atoms with Crippen molar-refractivity contribution in [1.29, 1.82) is 5.26 Å². The Kier molecular flexibility index (Phi) is 2.05. The van der Waals surface area contributed by atoms with Gasteiger partial charge in [0.25, 0.3) is 0 Å². The largest absolute Gasteiger partial charge is 0.192 e. The highest BCUT2D eigenvalue weighted by Crippen LogP contribution is 2.37. The highest BCUT2D eigenvalue weighted by atomic mass is 127. The maximum absolute atomic E-state index is 8.68. The van der Waals surface area contributed by atoms with E-state index in [0.29, 0.717) is 3.92 Å². The molecule has 0 bridgehead atoms. The zero-order chi connectivity index (χ0) is 8.55. The van der Waals surface area contributed by atoms with E-state index in [2.05, 4.69) is 34.7 Å². The first kappa shape index (κ1) is 8.06. The molecule has 1 aromatic rings. The number of alkyl halides is 1. The highest BCUT2D eigenvalue weighted by molar-refractivity contribution is 14.1. The van der Waals surface area contributed by atoms with Crippen LogP contribution in [0.3, 0.4) is 0 Å². The van der Waals surface area contributed by atoms with Gasteiger partial charge in [-0.25, -0.2) is 0 Å². The summed E-state index contributed by atoms with van der Waals surface area (Å²) in [6, 6.07) is 8.20. The molecule has 0 heterocycles. The van der Waals surface area contributed by atoms with Crippen LogP contribution in [0.2, 0.25) is 0 Å². The lowest BCUT2D eigenvalue weighted by atomic mass is 10.1. The summed E-state index contributed by atoms with van der Waals surface area (Å²) in [7, 11) is 0. The van der Waals surface area contributed by atoms with Crippen LogP contribution in [-0.4, -0.2) is 0 Å². The summed E-state index contributed by atoms with van der Waals surface area (Å²) >= 11 is 2.46. The van der Waals surface area contributed by atoms with Crippen LogP contribution in [-0.2, 0) is 6.42 Å². The maximum Gasteiger partial charge on any atom is 0.0991 e. The average molecular weight is 269 g/mol. The predicted molar refractivity (Wildman–Crippen MR) is 56.2 cm³/mol. The molecule has 0 aliphatic heterocycles. The van der Waals surface area contributed by atoms with Crippen LogP contribution >= 0.6 is 22.6 Å². The molecule has 0 saturated heterocycles. The second-order valence-electron chi connectivity index (χ2n) is 3.03. The summed E-state index contributed by atoms with van der Waals surface area (Å²) in [4.78, 5) is 0. The number of rotatable bonds is 0. The van der Waals surface area contributed by atoms with Gasteiger partial charge in [0.1, 0.15) is 0 Å². The molecule has 2 rings (SSSR count). The van der Waals surface area contributed by atoms with Gasteiger partial charge < -0.3 is 0 Å². The van der Waals surface area contributed by atoms with E-state index in [4.69, 9.17) is 5.26 Å². The molecule has 0 N–H and O–H groups in total. The maximum atomic E-state index is 8.68. The van der Waals surface area contributed by atoms with Crippen molar-refractivity contribution in [3.63, 3.8) is 0 Å². The lowest BCUT2D eigenvalue weighted by Gasteiger charge is -2.01. The molecule has 1 nitrogen and oxygen atoms in total. The fraction of sp³-hybridized carbons (Fsp3) is 0.300. The summed E-state index contributed by atoms with van der Waals surface area (Å²) in [5.41, 5.74) is 3.59. The quantitative estimate of drug-likeness (QED) is 0.524. The number of fused-ring (bicyclic) bond motifs is 1. The Hall–Kier alpha value is -0.560. The zero-order valence-electron chi connectivity index (χ0n) is 6.55. The number of nitriles is 1. The third-order valence-corrected chi connectivity index (χ3v) is 3.57. The molecular weight excluding hydrogens is 261 g/mol. The van der Waals surface area contributed by atoms with Crippen LogP contribution in [0.5, 0.6) is 0 Å². The third-order valence-electron chi connectivity index (χ3n) is 2.28. The molecule has 0 saturated carbocycles. The first-order valence-electron chi connectivity index (χ1n) is 3.98. The van der Waals surface area contributed by atoms with Crippen molar-refractivity contribution in [1.82, 2.24) is 0 Å². The van der Waals surface area contributed by atoms with Crippen molar-refractivity contribution in [2.45, 2.75) is 16.8 Å². The second kappa shape index (κ2) is 3.06. The molecule has 12 heavy (non-hydrogen) atoms. The van der Waals surface area contributed by atoms with E-state index in [-0.39, 0.29) is 0 Å². The van der Waals surface area contributed by atoms with Gasteiger partial charge in [0.2, 0.25) is 0 Å². The van der Waals surface area contributed by atoms with Crippen LogP contribution < -0.4 is 0 Å². The van der Waals surface area contributed by atoms with Crippen LogP contribution in [0.25, 0.3) is 0 Å². The average Bonchev–Trinajstić information content (AvgIpc) is 2.47. The van der Waals surface area contributed by atoms with Gasteiger partial charge in [0, 0.05) is 3.92 Å². The van der Waals surface area contributed by atoms with Gasteiger partial charge in [-0.05, 0) is 36.1 Å². The Balaban J connectivity index is 2.50. The molecule has 1 atom stereocenters. The van der Waals surface area contributed by atoms with Gasteiger partial charge in [-0.15, -0.1) is 0 Å². The Morgan fingerprint density at radius 1 is 1.50 bits per heavy atom. The van der Waals surface area contributed by atoms with Crippen molar-refractivity contribution in [3.8, 4) is 6.07 Å². The molecular formula is C10H8IN. The molecule has 60 valence electrons. The lowest BCUT2D eigenvalue weighted by Crippen LogP contribution is -1.84. The van der Waals surface area contributed by atoms with E-state index in [1.165, 1.54) is 17.5 Å². The van der Waals surface area contributed by atoms with Crippen LogP contribution in [0.15, 0.2) is 18.2 Å². The van der Waals surface area contributed by atoms with Crippen LogP contribution in [0.4, 0.5) is 0 Å². The van der Waals surface area contributed by atoms with Crippen molar-refractivity contribution < 1.29 is 0 Å². The molecule has 0 unspecified atom stereocenters. The molecule has 0 fully saturated rings. The van der Waals surface area contributed by atoms with Gasteiger partial charge in [0.15, 0.2) is 0 Å². The van der Waals surface area contributed by atoms with Crippen molar-refractivity contribution in [3.05, 3.63) is 34.9 Å². The minimum atomic E-state index is 0.658. The topological polar surface area (TPSA) is 23.8 Å². The van der Waals surface area contributed by atoms with Gasteiger partial charge in [0.05, 0.1) is 11.6 Å². The third kappa shape index (κ3) is 1.22. The normalized spacial score (nSPS) is 20.2. The monoisotopic (exact) mass is 269 g/mol. The predicted octanol–water partition coefficient (Wildman–Crippen LogP) is 2.98. The van der Waals surface area contributed by atoms with E-state index in [9.17, 15) is 0 Å². The Morgan fingerprint density at radius 2 is 2.33 bits per heavy atom. The number of halogens is 1. The number of benzene rings is 1. The molecule has 2 heteroatoms. The van der Waals surface area contributed by atoms with Crippen LogP contribution in [0, 0.1) is 11.3 Å². The first-order chi connectivity index (χ1) is 5.81. The van der Waals surface area contributed by atoms with E-state index in [1.54, 1.807) is 0 Å². The number of aryl methyl sites for hydroxylation is 1. The Bertz CT molecular complexity index is 351. The van der Waals surface area contributed by atoms with E-state index in [0.717, 1.165) is 12.0 Å². The Morgan fingerprint density at radius 3 is 3.08 bits per heavy atom. The van der Waals surface area contributed by atoms with Gasteiger partial charge >= 0.3 is 0 Å². The van der Waals surface area contributed by atoms with E-state index in [1.807, 2.05) is 12.1 Å². The molecule has 0 radical (unpaired) electrons. The molecule has 1 aliphatic rings. The summed E-state index contributed by atoms with van der Waals surface area (Å²) in [6.07, 6.45) is 2.36. The fourth-order valence-electron chi connectivity index (χ4n) is 1.64. The standard InChI is InChI=1S/C10H8IN/c11-10-4-2-8-5-7(6-12)1-3-9(8)10/h1,3,5,10H,2,4H2/t10-/m0/s1. The number of hydrogen-bond acceptors (Lipinski definition) is 1. The zero-order valence-corrected chi connectivity index (χ0v) is 8.71. The molecule has 0 spiro atoms. The highest BCUT2D eigenvalue weighted by Gasteiger charge is 2.19. The minimum absolute atomic E-state index is 0.658. The second-order valence-corrected chi connectivity index (χ2v) is 4.54. The van der Waals surface area contributed by atoms with E-state index >= 15 is 0 Å². The minimum Gasteiger partial charge on any atom is -0.192 e. The molecule has 0 aromatic heterocycles. The fourth-order valence-corrected chi connectivity index (χ4v) is 2.55. The smallest absolute Gasteiger partial charge is 0.0991 e. The first-order valence-corrected chi connectivity index (χ1v) is 5.23. The van der Waals surface area contributed by atoms with E-state index < -0.39 is 0 Å². The molecule has 1 aliphatic carbocycles. The van der Waals surface area contributed by atoms with Crippen molar-refractivity contribution >= 4 is 22.6 Å². The summed E-state index contributed by atoms with van der Waals surface area (Å²) in [6.45, 7) is 0. The van der Waals surface area contributed by atoms with Crippen molar-refractivity contribution in [2.75, 3.05) is 0 Å². The van der Waals surface area contributed by atoms with Gasteiger partial charge in [-0.1, -0.05) is 28.7 Å². The van der Waals surface area contributed by atoms with Crippen LogP contribution in [0.1, 0.15) is 27.0 Å². The SMILES string of the molecule is N#Cc1ccc2c(c1)CC[C@@H]2I. The lowest BCUT2D eigenvalue weighted by molar-refractivity contribution is 0.916. The number of hydrogen-bond donors (Lipinski definition) is 0.